The van der Waals surface area contributed by atoms with Gasteiger partial charge in [-0.1, -0.05) is 59.5 Å². The first-order valence-electron chi connectivity index (χ1n) is 6.80. The smallest absolute Gasteiger partial charge is 0.0454 e. The predicted molar refractivity (Wildman–Crippen MR) is 78.8 cm³/mol. The minimum Gasteiger partial charge on any atom is -0.0833 e. The fourth-order valence-corrected chi connectivity index (χ4v) is 4.50. The van der Waals surface area contributed by atoms with Gasteiger partial charge in [0, 0.05) is 4.83 Å². The highest BCUT2D eigenvalue weighted by atomic mass is 79.9. The molecule has 1 unspecified atom stereocenters. The third-order valence-corrected chi connectivity index (χ3v) is 6.01. The van der Waals surface area contributed by atoms with E-state index in [-0.39, 0.29) is 0 Å². The molecular weight excluding hydrogens is 272 g/mol. The summed E-state index contributed by atoms with van der Waals surface area (Å²) in [6.45, 7) is 6.78. The maximum Gasteiger partial charge on any atom is 0.0454 e. The second-order valence-corrected chi connectivity index (χ2v) is 6.56. The summed E-state index contributed by atoms with van der Waals surface area (Å²) in [4.78, 5) is 0.530. The fourth-order valence-electron chi connectivity index (χ4n) is 3.23. The topological polar surface area (TPSA) is 0 Å². The van der Waals surface area contributed by atoms with Gasteiger partial charge in [0.05, 0.1) is 0 Å². The summed E-state index contributed by atoms with van der Waals surface area (Å²) in [7, 11) is 0. The van der Waals surface area contributed by atoms with Crippen LogP contribution in [0.5, 0.6) is 0 Å². The van der Waals surface area contributed by atoms with Crippen LogP contribution in [0, 0.1) is 19.3 Å². The van der Waals surface area contributed by atoms with Crippen molar-refractivity contribution in [2.24, 2.45) is 5.41 Å². The van der Waals surface area contributed by atoms with Crippen molar-refractivity contribution in [3.05, 3.63) is 34.9 Å². The van der Waals surface area contributed by atoms with Crippen LogP contribution in [0.2, 0.25) is 0 Å². The van der Waals surface area contributed by atoms with Crippen molar-refractivity contribution in [2.75, 3.05) is 0 Å². The lowest BCUT2D eigenvalue weighted by molar-refractivity contribution is 0.279. The summed E-state index contributed by atoms with van der Waals surface area (Å²) in [5.41, 5.74) is 4.81. The standard InChI is InChI=1S/C16H23Br/c1-4-16(9-5-6-10-16)15(17)14-11-12(2)7-8-13(14)3/h7-8,11,15H,4-6,9-10H2,1-3H3. The van der Waals surface area contributed by atoms with Gasteiger partial charge >= 0.3 is 0 Å². The molecule has 1 fully saturated rings. The van der Waals surface area contributed by atoms with Crippen molar-refractivity contribution in [1.82, 2.24) is 0 Å². The Morgan fingerprint density at radius 1 is 1.24 bits per heavy atom. The normalized spacial score (nSPS) is 20.5. The van der Waals surface area contributed by atoms with Crippen LogP contribution in [0.3, 0.4) is 0 Å². The quantitative estimate of drug-likeness (QED) is 0.626. The highest BCUT2D eigenvalue weighted by molar-refractivity contribution is 9.09. The monoisotopic (exact) mass is 294 g/mol. The first-order chi connectivity index (χ1) is 8.09. The highest BCUT2D eigenvalue weighted by Gasteiger charge is 2.39. The van der Waals surface area contributed by atoms with Gasteiger partial charge in [0.1, 0.15) is 0 Å². The van der Waals surface area contributed by atoms with Gasteiger partial charge in [-0.05, 0) is 49.7 Å². The molecule has 2 rings (SSSR count). The molecule has 1 saturated carbocycles. The van der Waals surface area contributed by atoms with Crippen molar-refractivity contribution in [3.8, 4) is 0 Å². The first kappa shape index (κ1) is 13.1. The molecule has 94 valence electrons. The Balaban J connectivity index is 2.35. The minimum atomic E-state index is 0.499. The van der Waals surface area contributed by atoms with Crippen LogP contribution in [0.1, 0.15) is 60.5 Å². The summed E-state index contributed by atoms with van der Waals surface area (Å²) in [6, 6.07) is 6.84. The summed E-state index contributed by atoms with van der Waals surface area (Å²) in [6.07, 6.45) is 6.86. The van der Waals surface area contributed by atoms with E-state index >= 15 is 0 Å². The molecule has 0 aliphatic heterocycles. The van der Waals surface area contributed by atoms with Crippen LogP contribution in [-0.4, -0.2) is 0 Å². The predicted octanol–water partition coefficient (Wildman–Crippen LogP) is 5.71. The minimum absolute atomic E-state index is 0.499. The summed E-state index contributed by atoms with van der Waals surface area (Å²) in [5, 5.41) is 0. The zero-order valence-corrected chi connectivity index (χ0v) is 12.8. The molecule has 1 aromatic rings. The number of halogens is 1. The van der Waals surface area contributed by atoms with Gasteiger partial charge in [0.15, 0.2) is 0 Å². The Kier molecular flexibility index (Phi) is 3.97. The number of hydrogen-bond donors (Lipinski definition) is 0. The zero-order chi connectivity index (χ0) is 12.5. The average Bonchev–Trinajstić information content (AvgIpc) is 2.81. The second kappa shape index (κ2) is 5.14. The van der Waals surface area contributed by atoms with Crippen molar-refractivity contribution >= 4 is 15.9 Å². The molecule has 0 spiro atoms. The van der Waals surface area contributed by atoms with E-state index in [1.807, 2.05) is 0 Å². The van der Waals surface area contributed by atoms with E-state index < -0.39 is 0 Å². The van der Waals surface area contributed by atoms with Gasteiger partial charge in [-0.3, -0.25) is 0 Å². The van der Waals surface area contributed by atoms with E-state index in [0.717, 1.165) is 0 Å². The van der Waals surface area contributed by atoms with Crippen molar-refractivity contribution < 1.29 is 0 Å². The van der Waals surface area contributed by atoms with Crippen LogP contribution in [0.15, 0.2) is 18.2 Å². The van der Waals surface area contributed by atoms with Gasteiger partial charge in [0.2, 0.25) is 0 Å². The van der Waals surface area contributed by atoms with E-state index in [1.165, 1.54) is 48.8 Å². The number of rotatable bonds is 3. The molecule has 0 N–H and O–H groups in total. The lowest BCUT2D eigenvalue weighted by Crippen LogP contribution is -2.21. The van der Waals surface area contributed by atoms with E-state index in [1.54, 1.807) is 0 Å². The second-order valence-electron chi connectivity index (χ2n) is 5.65. The Morgan fingerprint density at radius 2 is 1.88 bits per heavy atom. The molecule has 17 heavy (non-hydrogen) atoms. The lowest BCUT2D eigenvalue weighted by Gasteiger charge is -2.34. The first-order valence-corrected chi connectivity index (χ1v) is 7.72. The third kappa shape index (κ3) is 2.45. The van der Waals surface area contributed by atoms with Crippen molar-refractivity contribution in [2.45, 2.75) is 57.7 Å². The fraction of sp³-hybridized carbons (Fsp3) is 0.625. The molecular formula is C16H23Br. The Morgan fingerprint density at radius 3 is 2.47 bits per heavy atom. The molecule has 0 nitrogen and oxygen atoms in total. The molecule has 1 aliphatic carbocycles. The maximum absolute atomic E-state index is 4.02. The lowest BCUT2D eigenvalue weighted by atomic mass is 9.76. The largest absolute Gasteiger partial charge is 0.0833 e. The molecule has 0 aromatic heterocycles. The summed E-state index contributed by atoms with van der Waals surface area (Å²) < 4.78 is 0. The molecule has 1 aliphatic rings. The Labute approximate surface area is 114 Å². The van der Waals surface area contributed by atoms with Gasteiger partial charge in [-0.2, -0.15) is 0 Å². The van der Waals surface area contributed by atoms with Crippen molar-refractivity contribution in [1.29, 1.82) is 0 Å². The van der Waals surface area contributed by atoms with E-state index in [0.29, 0.717) is 10.2 Å². The highest BCUT2D eigenvalue weighted by Crippen LogP contribution is 2.54. The number of alkyl halides is 1. The SMILES string of the molecule is CCC1(C(Br)c2cc(C)ccc2C)CCCC1. The number of benzene rings is 1. The molecule has 0 radical (unpaired) electrons. The van der Waals surface area contributed by atoms with Crippen LogP contribution in [-0.2, 0) is 0 Å². The third-order valence-electron chi connectivity index (χ3n) is 4.55. The molecule has 0 bridgehead atoms. The van der Waals surface area contributed by atoms with E-state index in [4.69, 9.17) is 0 Å². The summed E-state index contributed by atoms with van der Waals surface area (Å²) >= 11 is 4.02. The van der Waals surface area contributed by atoms with Crippen molar-refractivity contribution in [3.63, 3.8) is 0 Å². The molecule has 0 amide bonds. The molecule has 1 heteroatoms. The van der Waals surface area contributed by atoms with E-state index in [2.05, 4.69) is 54.9 Å². The molecule has 0 saturated heterocycles. The maximum atomic E-state index is 4.02. The number of hydrogen-bond acceptors (Lipinski definition) is 0. The van der Waals surface area contributed by atoms with Crippen LogP contribution in [0.4, 0.5) is 0 Å². The Bertz CT molecular complexity index is 389. The molecule has 1 atom stereocenters. The molecule has 1 aromatic carbocycles. The van der Waals surface area contributed by atoms with Crippen LogP contribution < -0.4 is 0 Å². The van der Waals surface area contributed by atoms with Gasteiger partial charge in [0.25, 0.3) is 0 Å². The summed E-state index contributed by atoms with van der Waals surface area (Å²) in [5.74, 6) is 0. The van der Waals surface area contributed by atoms with Crippen LogP contribution >= 0.6 is 15.9 Å². The van der Waals surface area contributed by atoms with Crippen LogP contribution in [0.25, 0.3) is 0 Å². The van der Waals surface area contributed by atoms with E-state index in [9.17, 15) is 0 Å². The Hall–Kier alpha value is -0.300. The average molecular weight is 295 g/mol. The number of aryl methyl sites for hydroxylation is 2. The van der Waals surface area contributed by atoms with Gasteiger partial charge < -0.3 is 0 Å². The molecule has 0 heterocycles. The van der Waals surface area contributed by atoms with Gasteiger partial charge in [-0.25, -0.2) is 0 Å². The zero-order valence-electron chi connectivity index (χ0n) is 11.2. The van der Waals surface area contributed by atoms with Gasteiger partial charge in [-0.15, -0.1) is 0 Å².